The standard InChI is InChI=1S/C22H28N8/c1-3-19-25-21(28-22(27-19)30-13-11-29(2)12-14-30)26-20-10-9-17(16-24-20)15-23-18-7-5-4-6-8-18/h4-10,16,23H,3,11-15H2,1-2H3,(H,24,25,26,27,28). The van der Waals surface area contributed by atoms with E-state index in [0.29, 0.717) is 5.95 Å². The summed E-state index contributed by atoms with van der Waals surface area (Å²) >= 11 is 0. The Hall–Kier alpha value is -3.26. The van der Waals surface area contributed by atoms with Gasteiger partial charge in [-0.25, -0.2) is 4.98 Å². The Morgan fingerprint density at radius 3 is 2.43 bits per heavy atom. The van der Waals surface area contributed by atoms with Gasteiger partial charge in [-0.05, 0) is 30.8 Å². The van der Waals surface area contributed by atoms with E-state index in [4.69, 9.17) is 0 Å². The fourth-order valence-corrected chi connectivity index (χ4v) is 3.25. The van der Waals surface area contributed by atoms with Crippen LogP contribution in [0.1, 0.15) is 18.3 Å². The Morgan fingerprint density at radius 1 is 0.933 bits per heavy atom. The molecular formula is C22H28N8. The molecule has 1 fully saturated rings. The fourth-order valence-electron chi connectivity index (χ4n) is 3.25. The molecule has 0 radical (unpaired) electrons. The van der Waals surface area contributed by atoms with Gasteiger partial charge in [0.1, 0.15) is 11.6 Å². The largest absolute Gasteiger partial charge is 0.381 e. The van der Waals surface area contributed by atoms with Crippen molar-refractivity contribution in [1.29, 1.82) is 0 Å². The molecule has 0 saturated carbocycles. The highest BCUT2D eigenvalue weighted by atomic mass is 15.3. The van der Waals surface area contributed by atoms with Gasteiger partial charge >= 0.3 is 0 Å². The molecule has 1 aromatic carbocycles. The summed E-state index contributed by atoms with van der Waals surface area (Å²) in [6.45, 7) is 6.64. The van der Waals surface area contributed by atoms with E-state index in [1.807, 2.05) is 42.6 Å². The van der Waals surface area contributed by atoms with Gasteiger partial charge in [0.05, 0.1) is 0 Å². The molecule has 1 aliphatic heterocycles. The van der Waals surface area contributed by atoms with Crippen molar-refractivity contribution in [2.45, 2.75) is 19.9 Å². The van der Waals surface area contributed by atoms with Crippen molar-refractivity contribution in [3.05, 3.63) is 60.0 Å². The van der Waals surface area contributed by atoms with Crippen molar-refractivity contribution in [3.8, 4) is 0 Å². The number of piperazine rings is 1. The van der Waals surface area contributed by atoms with Crippen LogP contribution in [0.15, 0.2) is 48.7 Å². The van der Waals surface area contributed by atoms with Gasteiger partial charge in [-0.2, -0.15) is 15.0 Å². The lowest BCUT2D eigenvalue weighted by molar-refractivity contribution is 0.311. The zero-order valence-electron chi connectivity index (χ0n) is 17.5. The normalized spacial score (nSPS) is 14.5. The van der Waals surface area contributed by atoms with Gasteiger partial charge in [0.15, 0.2) is 0 Å². The van der Waals surface area contributed by atoms with E-state index >= 15 is 0 Å². The Morgan fingerprint density at radius 2 is 1.73 bits per heavy atom. The smallest absolute Gasteiger partial charge is 0.233 e. The molecule has 0 bridgehead atoms. The highest BCUT2D eigenvalue weighted by molar-refractivity contribution is 5.50. The number of aromatic nitrogens is 4. The van der Waals surface area contributed by atoms with Gasteiger partial charge in [0.25, 0.3) is 0 Å². The number of nitrogens with zero attached hydrogens (tertiary/aromatic N) is 6. The zero-order valence-corrected chi connectivity index (χ0v) is 17.5. The monoisotopic (exact) mass is 404 g/mol. The molecule has 2 aromatic heterocycles. The zero-order chi connectivity index (χ0) is 20.8. The van der Waals surface area contributed by atoms with Crippen LogP contribution >= 0.6 is 0 Å². The number of para-hydroxylation sites is 1. The third-order valence-electron chi connectivity index (χ3n) is 5.11. The van der Waals surface area contributed by atoms with E-state index in [1.165, 1.54) is 0 Å². The molecule has 0 spiro atoms. The summed E-state index contributed by atoms with van der Waals surface area (Å²) in [5.41, 5.74) is 2.20. The molecule has 8 heteroatoms. The lowest BCUT2D eigenvalue weighted by atomic mass is 10.2. The summed E-state index contributed by atoms with van der Waals surface area (Å²) in [5.74, 6) is 2.78. The number of anilines is 4. The van der Waals surface area contributed by atoms with Gasteiger partial charge in [0.2, 0.25) is 11.9 Å². The lowest BCUT2D eigenvalue weighted by Gasteiger charge is -2.32. The molecule has 8 nitrogen and oxygen atoms in total. The van der Waals surface area contributed by atoms with Crippen LogP contribution in [0.3, 0.4) is 0 Å². The number of rotatable bonds is 7. The molecule has 1 saturated heterocycles. The highest BCUT2D eigenvalue weighted by Crippen LogP contribution is 2.17. The van der Waals surface area contributed by atoms with Crippen LogP contribution in [-0.2, 0) is 13.0 Å². The molecule has 4 rings (SSSR count). The molecule has 0 atom stereocenters. The SMILES string of the molecule is CCc1nc(Nc2ccc(CNc3ccccc3)cn2)nc(N2CCN(C)CC2)n1. The van der Waals surface area contributed by atoms with Gasteiger partial charge in [-0.15, -0.1) is 0 Å². The van der Waals surface area contributed by atoms with E-state index in [-0.39, 0.29) is 0 Å². The Labute approximate surface area is 177 Å². The van der Waals surface area contributed by atoms with Crippen molar-refractivity contribution in [1.82, 2.24) is 24.8 Å². The van der Waals surface area contributed by atoms with E-state index in [2.05, 4.69) is 60.4 Å². The highest BCUT2D eigenvalue weighted by Gasteiger charge is 2.18. The molecule has 30 heavy (non-hydrogen) atoms. The van der Waals surface area contributed by atoms with Gasteiger partial charge < -0.3 is 20.4 Å². The third-order valence-corrected chi connectivity index (χ3v) is 5.11. The number of hydrogen-bond acceptors (Lipinski definition) is 8. The maximum Gasteiger partial charge on any atom is 0.233 e. The summed E-state index contributed by atoms with van der Waals surface area (Å²) in [5, 5.41) is 6.63. The number of benzene rings is 1. The first kappa shape index (κ1) is 20.0. The van der Waals surface area contributed by atoms with E-state index in [9.17, 15) is 0 Å². The summed E-state index contributed by atoms with van der Waals surface area (Å²) in [4.78, 5) is 22.9. The van der Waals surface area contributed by atoms with Crippen LogP contribution < -0.4 is 15.5 Å². The van der Waals surface area contributed by atoms with Crippen LogP contribution in [0.4, 0.5) is 23.4 Å². The molecule has 156 valence electrons. The van der Waals surface area contributed by atoms with E-state index in [1.54, 1.807) is 0 Å². The fraction of sp³-hybridized carbons (Fsp3) is 0.364. The average Bonchev–Trinajstić information content (AvgIpc) is 2.79. The van der Waals surface area contributed by atoms with Crippen molar-refractivity contribution in [2.75, 3.05) is 48.8 Å². The molecular weight excluding hydrogens is 376 g/mol. The minimum absolute atomic E-state index is 0.540. The maximum absolute atomic E-state index is 4.65. The van der Waals surface area contributed by atoms with Crippen LogP contribution in [0.25, 0.3) is 0 Å². The number of hydrogen-bond donors (Lipinski definition) is 2. The Bertz CT molecular complexity index is 937. The van der Waals surface area contributed by atoms with Crippen molar-refractivity contribution in [2.24, 2.45) is 0 Å². The molecule has 1 aliphatic rings. The predicted octanol–water partition coefficient (Wildman–Crippen LogP) is 2.94. The molecule has 0 unspecified atom stereocenters. The summed E-state index contributed by atoms with van der Waals surface area (Å²) in [6, 6.07) is 14.1. The maximum atomic E-state index is 4.65. The predicted molar refractivity (Wildman–Crippen MR) is 120 cm³/mol. The second-order valence-electron chi connectivity index (χ2n) is 7.42. The number of aryl methyl sites for hydroxylation is 1. The van der Waals surface area contributed by atoms with Crippen LogP contribution in [0.2, 0.25) is 0 Å². The minimum Gasteiger partial charge on any atom is -0.381 e. The Kier molecular flexibility index (Phi) is 6.34. The van der Waals surface area contributed by atoms with Crippen LogP contribution in [-0.4, -0.2) is 58.1 Å². The molecule has 3 aromatic rings. The minimum atomic E-state index is 0.540. The molecule has 2 N–H and O–H groups in total. The van der Waals surface area contributed by atoms with Crippen molar-refractivity contribution >= 4 is 23.4 Å². The summed E-state index contributed by atoms with van der Waals surface area (Å²) in [7, 11) is 2.14. The first-order chi connectivity index (χ1) is 14.7. The van der Waals surface area contributed by atoms with Crippen molar-refractivity contribution < 1.29 is 0 Å². The quantitative estimate of drug-likeness (QED) is 0.622. The second-order valence-corrected chi connectivity index (χ2v) is 7.42. The molecule has 0 amide bonds. The summed E-state index contributed by atoms with van der Waals surface area (Å²) < 4.78 is 0. The summed E-state index contributed by atoms with van der Waals surface area (Å²) in [6.07, 6.45) is 2.62. The number of likely N-dealkylation sites (N-methyl/N-ethyl adjacent to an activating group) is 1. The first-order valence-corrected chi connectivity index (χ1v) is 10.4. The average molecular weight is 405 g/mol. The van der Waals surface area contributed by atoms with Crippen molar-refractivity contribution in [3.63, 3.8) is 0 Å². The topological polar surface area (TPSA) is 82.1 Å². The van der Waals surface area contributed by atoms with Gasteiger partial charge in [-0.3, -0.25) is 0 Å². The van der Waals surface area contributed by atoms with E-state index < -0.39 is 0 Å². The first-order valence-electron chi connectivity index (χ1n) is 10.4. The Balaban J connectivity index is 1.42. The number of pyridine rings is 1. The van der Waals surface area contributed by atoms with Gasteiger partial charge in [-0.1, -0.05) is 31.2 Å². The molecule has 3 heterocycles. The van der Waals surface area contributed by atoms with Crippen LogP contribution in [0.5, 0.6) is 0 Å². The lowest BCUT2D eigenvalue weighted by Crippen LogP contribution is -2.45. The third kappa shape index (κ3) is 5.21. The van der Waals surface area contributed by atoms with Gasteiger partial charge in [0, 0.05) is 51.0 Å². The van der Waals surface area contributed by atoms with E-state index in [0.717, 1.165) is 68.0 Å². The number of nitrogens with one attached hydrogen (secondary N) is 2. The molecule has 0 aliphatic carbocycles. The van der Waals surface area contributed by atoms with Crippen LogP contribution in [0, 0.1) is 0 Å². The second kappa shape index (κ2) is 9.49.